The van der Waals surface area contributed by atoms with E-state index in [1.165, 1.54) is 0 Å². The molecule has 1 aromatic heterocycles. The summed E-state index contributed by atoms with van der Waals surface area (Å²) in [5, 5.41) is 2.53. The summed E-state index contributed by atoms with van der Waals surface area (Å²) < 4.78 is 36.7. The highest BCUT2D eigenvalue weighted by Crippen LogP contribution is 2.58. The van der Waals surface area contributed by atoms with E-state index in [0.717, 1.165) is 4.88 Å². The molecule has 7 nitrogen and oxygen atoms in total. The van der Waals surface area contributed by atoms with Crippen LogP contribution in [-0.4, -0.2) is 50.3 Å². The minimum Gasteiger partial charge on any atom is -0.480 e. The molecule has 0 bridgehead atoms. The Bertz CT molecular complexity index is 810. The Kier molecular flexibility index (Phi) is 10.4. The van der Waals surface area contributed by atoms with E-state index < -0.39 is 13.6 Å². The average Bonchev–Trinajstić information content (AvgIpc) is 3.23. The number of hydrogen-bond acceptors (Lipinski definition) is 8. The van der Waals surface area contributed by atoms with Crippen molar-refractivity contribution in [3.05, 3.63) is 27.7 Å². The van der Waals surface area contributed by atoms with Crippen molar-refractivity contribution in [2.75, 3.05) is 26.4 Å². The van der Waals surface area contributed by atoms with E-state index in [1.807, 2.05) is 37.4 Å². The second kappa shape index (κ2) is 12.5. The average molecular weight is 471 g/mol. The zero-order valence-corrected chi connectivity index (χ0v) is 21.1. The highest BCUT2D eigenvalue weighted by atomic mass is 32.1. The first-order chi connectivity index (χ1) is 14.9. The van der Waals surface area contributed by atoms with E-state index in [4.69, 9.17) is 28.5 Å². The molecule has 1 aliphatic rings. The molecule has 0 unspecified atom stereocenters. The first-order valence-corrected chi connectivity index (χ1v) is 13.3. The molecule has 0 saturated carbocycles. The van der Waals surface area contributed by atoms with Crippen LogP contribution >= 0.6 is 18.9 Å². The fourth-order valence-electron chi connectivity index (χ4n) is 3.21. The number of thiophene rings is 1. The molecule has 0 saturated heterocycles. The monoisotopic (exact) mass is 470 g/mol. The van der Waals surface area contributed by atoms with Crippen LogP contribution in [0.3, 0.4) is 0 Å². The molecule has 0 amide bonds. The SMILES string of the molecule is CCOC1=N[C@H](C(C)C)C(OCC)=N[C@H]1C/C(=C/c1cccs1)P(=O)(OCC)OCC. The van der Waals surface area contributed by atoms with Crippen LogP contribution < -0.4 is 0 Å². The van der Waals surface area contributed by atoms with E-state index in [0.29, 0.717) is 36.7 Å². The Morgan fingerprint density at radius 2 is 1.71 bits per heavy atom. The fourth-order valence-corrected chi connectivity index (χ4v) is 5.76. The lowest BCUT2D eigenvalue weighted by Crippen LogP contribution is -2.38. The molecule has 1 aliphatic heterocycles. The van der Waals surface area contributed by atoms with Crippen LogP contribution in [0, 0.1) is 5.92 Å². The Morgan fingerprint density at radius 3 is 2.23 bits per heavy atom. The number of rotatable bonds is 11. The first-order valence-electron chi connectivity index (χ1n) is 10.9. The molecule has 0 fully saturated rings. The van der Waals surface area contributed by atoms with Gasteiger partial charge in [0.1, 0.15) is 12.1 Å². The van der Waals surface area contributed by atoms with E-state index in [-0.39, 0.29) is 25.2 Å². The van der Waals surface area contributed by atoms with Gasteiger partial charge >= 0.3 is 7.60 Å². The van der Waals surface area contributed by atoms with Crippen molar-refractivity contribution in [1.82, 2.24) is 0 Å². The summed E-state index contributed by atoms with van der Waals surface area (Å²) in [6, 6.07) is 3.26. The largest absolute Gasteiger partial charge is 0.480 e. The van der Waals surface area contributed by atoms with Crippen molar-refractivity contribution in [3.8, 4) is 0 Å². The summed E-state index contributed by atoms with van der Waals surface area (Å²) >= 11 is 1.56. The van der Waals surface area contributed by atoms with Gasteiger partial charge in [0.05, 0.1) is 26.4 Å². The number of ether oxygens (including phenoxy) is 2. The van der Waals surface area contributed by atoms with Crippen LogP contribution in [0.4, 0.5) is 0 Å². The van der Waals surface area contributed by atoms with Gasteiger partial charge in [0, 0.05) is 16.6 Å². The van der Waals surface area contributed by atoms with Crippen LogP contribution in [-0.2, 0) is 23.1 Å². The topological polar surface area (TPSA) is 78.7 Å². The van der Waals surface area contributed by atoms with Crippen molar-refractivity contribution in [2.24, 2.45) is 15.9 Å². The summed E-state index contributed by atoms with van der Waals surface area (Å²) in [5.41, 5.74) is 0. The Morgan fingerprint density at radius 1 is 1.06 bits per heavy atom. The normalized spacial score (nSPS) is 19.9. The van der Waals surface area contributed by atoms with Gasteiger partial charge in [-0.15, -0.1) is 11.3 Å². The summed E-state index contributed by atoms with van der Waals surface area (Å²) in [6.07, 6.45) is 2.18. The molecule has 2 rings (SSSR count). The highest BCUT2D eigenvalue weighted by molar-refractivity contribution is 7.58. The number of nitrogens with zero attached hydrogens (tertiary/aromatic N) is 2. The van der Waals surface area contributed by atoms with Crippen LogP contribution in [0.5, 0.6) is 0 Å². The van der Waals surface area contributed by atoms with E-state index in [9.17, 15) is 4.57 Å². The van der Waals surface area contributed by atoms with Crippen molar-refractivity contribution in [3.63, 3.8) is 0 Å². The van der Waals surface area contributed by atoms with Gasteiger partial charge < -0.3 is 18.5 Å². The van der Waals surface area contributed by atoms with Crippen LogP contribution in [0.2, 0.25) is 0 Å². The zero-order chi connectivity index (χ0) is 22.9. The molecule has 2 atom stereocenters. The smallest absolute Gasteiger partial charge is 0.357 e. The quantitative estimate of drug-likeness (QED) is 0.369. The molecule has 0 radical (unpaired) electrons. The van der Waals surface area contributed by atoms with Crippen molar-refractivity contribution >= 4 is 36.8 Å². The second-order valence-electron chi connectivity index (χ2n) is 7.19. The number of aliphatic imine (C=N–C) groups is 2. The van der Waals surface area contributed by atoms with Crippen molar-refractivity contribution in [1.29, 1.82) is 0 Å². The Balaban J connectivity index is 2.49. The Labute approximate surface area is 190 Å². The molecular weight excluding hydrogens is 435 g/mol. The minimum absolute atomic E-state index is 0.201. The maximum absolute atomic E-state index is 13.7. The van der Waals surface area contributed by atoms with Gasteiger partial charge in [-0.2, -0.15) is 0 Å². The minimum atomic E-state index is -3.50. The summed E-state index contributed by atoms with van der Waals surface area (Å²) in [7, 11) is -3.50. The van der Waals surface area contributed by atoms with E-state index in [1.54, 1.807) is 25.2 Å². The van der Waals surface area contributed by atoms with Gasteiger partial charge in [-0.25, -0.2) is 9.98 Å². The lowest BCUT2D eigenvalue weighted by Gasteiger charge is -2.29. The standard InChI is InChI=1S/C22H35N2O5PS/c1-7-26-21-19(23-22(27-8-2)20(24-21)16(5)6)15-17(14-18-12-11-13-31-18)30(25,28-9-3)29-10-4/h11-14,16,19-20H,7-10,15H2,1-6H3/b17-14-/t19-,20+/m0/s1. The third kappa shape index (κ3) is 7.01. The molecule has 0 aliphatic carbocycles. The number of hydrogen-bond donors (Lipinski definition) is 0. The summed E-state index contributed by atoms with van der Waals surface area (Å²) in [5.74, 6) is 1.33. The van der Waals surface area contributed by atoms with Crippen molar-refractivity contribution in [2.45, 2.75) is 60.0 Å². The lowest BCUT2D eigenvalue weighted by atomic mass is 10.0. The molecule has 0 spiro atoms. The fraction of sp³-hybridized carbons (Fsp3) is 0.636. The van der Waals surface area contributed by atoms with E-state index in [2.05, 4.69) is 13.8 Å². The van der Waals surface area contributed by atoms with Gasteiger partial charge in [0.15, 0.2) is 0 Å². The van der Waals surface area contributed by atoms with Crippen LogP contribution in [0.15, 0.2) is 32.8 Å². The van der Waals surface area contributed by atoms with Crippen LogP contribution in [0.25, 0.3) is 6.08 Å². The molecule has 2 heterocycles. The van der Waals surface area contributed by atoms with Gasteiger partial charge in [0.25, 0.3) is 0 Å². The van der Waals surface area contributed by atoms with Gasteiger partial charge in [0.2, 0.25) is 11.8 Å². The summed E-state index contributed by atoms with van der Waals surface area (Å²) in [6.45, 7) is 13.1. The van der Waals surface area contributed by atoms with Crippen molar-refractivity contribution < 1.29 is 23.1 Å². The Hall–Kier alpha value is -1.47. The third-order valence-electron chi connectivity index (χ3n) is 4.51. The third-order valence-corrected chi connectivity index (χ3v) is 7.54. The van der Waals surface area contributed by atoms with Crippen LogP contribution in [0.1, 0.15) is 52.8 Å². The van der Waals surface area contributed by atoms with Gasteiger partial charge in [-0.05, 0) is 51.1 Å². The van der Waals surface area contributed by atoms with Gasteiger partial charge in [-0.1, -0.05) is 19.9 Å². The molecule has 174 valence electrons. The molecule has 9 heteroatoms. The molecule has 31 heavy (non-hydrogen) atoms. The molecule has 0 aromatic carbocycles. The molecule has 1 aromatic rings. The highest BCUT2D eigenvalue weighted by Gasteiger charge is 2.37. The first kappa shape index (κ1) is 25.8. The molecule has 0 N–H and O–H groups in total. The predicted octanol–water partition coefficient (Wildman–Crippen LogP) is 6.02. The van der Waals surface area contributed by atoms with Gasteiger partial charge in [-0.3, -0.25) is 4.57 Å². The second-order valence-corrected chi connectivity index (χ2v) is 10.3. The maximum atomic E-state index is 13.7. The lowest BCUT2D eigenvalue weighted by molar-refractivity contribution is 0.225. The molecular formula is C22H35N2O5PS. The predicted molar refractivity (Wildman–Crippen MR) is 128 cm³/mol. The summed E-state index contributed by atoms with van der Waals surface area (Å²) in [4.78, 5) is 10.6. The maximum Gasteiger partial charge on any atom is 0.357 e. The zero-order valence-electron chi connectivity index (χ0n) is 19.4. The van der Waals surface area contributed by atoms with E-state index >= 15 is 0 Å².